The standard InChI is InChI=1S/C56H102N12O3S2/c1-2-8-26-59(25-7-1)53(61-29-11-5-12-30-61)51(57-21-15-16-22-57)19-33-67(55(53,63-35-43-69-44-36-63)65-39-47-72-48-40-65)71-68-34-20-52(58-23-17-18-24-58)54(62-31-13-6-14-32-62,60-27-9-3-4-10-28-60)56(68,64-37-45-70-46-38-64)66-41-49-73-50-42-66/h51-52H,1-50H2. The van der Waals surface area contributed by atoms with Crippen LogP contribution in [-0.2, 0) is 14.4 Å². The van der Waals surface area contributed by atoms with E-state index in [1.807, 2.05) is 0 Å². The van der Waals surface area contributed by atoms with Gasteiger partial charge in [0.15, 0.2) is 11.6 Å². The Hall–Kier alpha value is 0.100. The molecule has 0 amide bonds. The molecular weight excluding hydrogens is 953 g/mol. The lowest BCUT2D eigenvalue weighted by atomic mass is 9.76. The molecule has 0 N–H and O–H groups in total. The van der Waals surface area contributed by atoms with Crippen LogP contribution in [0.2, 0.25) is 0 Å². The van der Waals surface area contributed by atoms with Crippen molar-refractivity contribution in [2.45, 2.75) is 163 Å². The second kappa shape index (κ2) is 24.9. The first-order valence-electron chi connectivity index (χ1n) is 31.3. The molecule has 12 aliphatic heterocycles. The van der Waals surface area contributed by atoms with Gasteiger partial charge in [0.2, 0.25) is 0 Å². The fourth-order valence-electron chi connectivity index (χ4n) is 18.1. The summed E-state index contributed by atoms with van der Waals surface area (Å²) in [5, 5.41) is 5.68. The summed E-state index contributed by atoms with van der Waals surface area (Å²) in [6.45, 7) is 27.6. The smallest absolute Gasteiger partial charge is 0.190 e. The second-order valence-corrected chi connectivity index (χ2v) is 26.8. The molecule has 0 radical (unpaired) electrons. The average Bonchev–Trinajstić information content (AvgIpc) is 4.07. The Morgan fingerprint density at radius 2 is 0.562 bits per heavy atom. The SMILES string of the molecule is C1CCCN(C2(N3CCCCC3)C(N3CCCC3)CCN(ON3CCC(N4CCCC4)C(N4CCCCCC4)(N4CCCCC4)C3(N3CCOCC3)N3CCSCC3)C2(N2CCOCC2)N2CCSCC2)CC1. The molecule has 416 valence electrons. The Morgan fingerprint density at radius 3 is 0.877 bits per heavy atom. The number of piperidine rings is 4. The highest BCUT2D eigenvalue weighted by atomic mass is 32.2. The molecule has 0 aromatic rings. The third-order valence-corrected chi connectivity index (χ3v) is 22.7. The van der Waals surface area contributed by atoms with E-state index in [0.29, 0.717) is 12.1 Å². The molecule has 0 aliphatic carbocycles. The molecule has 12 saturated heterocycles. The molecule has 12 rings (SSSR count). The monoisotopic (exact) mass is 1050 g/mol. The van der Waals surface area contributed by atoms with E-state index in [-0.39, 0.29) is 11.3 Å². The molecule has 6 atom stereocenters. The van der Waals surface area contributed by atoms with Crippen LogP contribution >= 0.6 is 23.5 Å². The maximum absolute atomic E-state index is 9.00. The van der Waals surface area contributed by atoms with Gasteiger partial charge in [-0.3, -0.25) is 49.0 Å². The molecule has 15 nitrogen and oxygen atoms in total. The van der Waals surface area contributed by atoms with E-state index < -0.39 is 11.6 Å². The van der Waals surface area contributed by atoms with Gasteiger partial charge in [-0.25, -0.2) is 4.94 Å². The Labute approximate surface area is 451 Å². The zero-order valence-electron chi connectivity index (χ0n) is 45.9. The molecule has 0 spiro atoms. The minimum absolute atomic E-state index is 0.300. The van der Waals surface area contributed by atoms with Crippen LogP contribution in [-0.4, -0.2) is 288 Å². The van der Waals surface area contributed by atoms with Crippen LogP contribution in [0, 0.1) is 0 Å². The van der Waals surface area contributed by atoms with Gasteiger partial charge in [0, 0.05) is 153 Å². The van der Waals surface area contributed by atoms with E-state index in [1.54, 1.807) is 0 Å². The molecule has 0 aromatic heterocycles. The lowest BCUT2D eigenvalue weighted by molar-refractivity contribution is -0.512. The average molecular weight is 1060 g/mol. The number of hydrogen-bond acceptors (Lipinski definition) is 17. The van der Waals surface area contributed by atoms with E-state index >= 15 is 0 Å². The van der Waals surface area contributed by atoms with Gasteiger partial charge in [0.25, 0.3) is 0 Å². The molecule has 73 heavy (non-hydrogen) atoms. The van der Waals surface area contributed by atoms with Crippen molar-refractivity contribution >= 4 is 23.5 Å². The Morgan fingerprint density at radius 1 is 0.288 bits per heavy atom. The summed E-state index contributed by atoms with van der Waals surface area (Å²) in [6, 6.07) is 0.828. The molecule has 12 heterocycles. The van der Waals surface area contributed by atoms with Crippen molar-refractivity contribution in [2.24, 2.45) is 0 Å². The van der Waals surface area contributed by atoms with Gasteiger partial charge in [0.1, 0.15) is 11.3 Å². The topological polar surface area (TPSA) is 66.6 Å². The van der Waals surface area contributed by atoms with Crippen LogP contribution in [0.4, 0.5) is 0 Å². The maximum atomic E-state index is 9.00. The highest BCUT2D eigenvalue weighted by Gasteiger charge is 2.77. The quantitative estimate of drug-likeness (QED) is 0.252. The first kappa shape index (κ1) is 53.7. The third kappa shape index (κ3) is 9.60. The van der Waals surface area contributed by atoms with E-state index in [2.05, 4.69) is 82.6 Å². The van der Waals surface area contributed by atoms with Gasteiger partial charge in [0.05, 0.1) is 26.4 Å². The maximum Gasteiger partial charge on any atom is 0.190 e. The number of nitrogens with zero attached hydrogens (tertiary/aromatic N) is 12. The zero-order valence-corrected chi connectivity index (χ0v) is 47.6. The lowest BCUT2D eigenvalue weighted by Crippen LogP contribution is -2.96. The van der Waals surface area contributed by atoms with E-state index in [9.17, 15) is 0 Å². The summed E-state index contributed by atoms with van der Waals surface area (Å²) in [7, 11) is 0. The van der Waals surface area contributed by atoms with Gasteiger partial charge in [-0.05, 0) is 116 Å². The van der Waals surface area contributed by atoms with Crippen molar-refractivity contribution in [3.8, 4) is 0 Å². The highest BCUT2D eigenvalue weighted by molar-refractivity contribution is 7.99. The van der Waals surface area contributed by atoms with E-state index in [0.717, 1.165) is 105 Å². The van der Waals surface area contributed by atoms with Gasteiger partial charge < -0.3 is 9.47 Å². The predicted octanol–water partition coefficient (Wildman–Crippen LogP) is 5.36. The molecule has 6 unspecified atom stereocenters. The van der Waals surface area contributed by atoms with Crippen molar-refractivity contribution in [3.63, 3.8) is 0 Å². The summed E-state index contributed by atoms with van der Waals surface area (Å²) in [5.41, 5.74) is -0.600. The minimum atomic E-state index is -0.540. The van der Waals surface area contributed by atoms with Crippen molar-refractivity contribution < 1.29 is 14.4 Å². The molecule has 0 aromatic carbocycles. The number of ether oxygens (including phenoxy) is 2. The van der Waals surface area contributed by atoms with Gasteiger partial charge in [-0.2, -0.15) is 23.5 Å². The summed E-state index contributed by atoms with van der Waals surface area (Å²) >= 11 is 4.39. The molecule has 12 fully saturated rings. The molecule has 12 aliphatic rings. The van der Waals surface area contributed by atoms with Crippen molar-refractivity contribution in [1.29, 1.82) is 0 Å². The fraction of sp³-hybridized carbons (Fsp3) is 1.00. The van der Waals surface area contributed by atoms with Crippen LogP contribution in [0.3, 0.4) is 0 Å². The van der Waals surface area contributed by atoms with Gasteiger partial charge in [-0.1, -0.05) is 38.5 Å². The van der Waals surface area contributed by atoms with Crippen molar-refractivity contribution in [2.75, 3.05) is 193 Å². The lowest BCUT2D eigenvalue weighted by Gasteiger charge is -2.76. The fourth-order valence-corrected chi connectivity index (χ4v) is 20.0. The third-order valence-electron chi connectivity index (χ3n) is 20.8. The van der Waals surface area contributed by atoms with Crippen LogP contribution in [0.15, 0.2) is 0 Å². The number of hydrogen-bond donors (Lipinski definition) is 0. The van der Waals surface area contributed by atoms with E-state index in [1.165, 1.54) is 217 Å². The summed E-state index contributed by atoms with van der Waals surface area (Å²) in [6.07, 6.45) is 26.1. The first-order valence-corrected chi connectivity index (χ1v) is 33.6. The molecule has 0 bridgehead atoms. The molecule has 0 saturated carbocycles. The Balaban J connectivity index is 1.12. The number of morpholine rings is 2. The molecule has 17 heteroatoms. The van der Waals surface area contributed by atoms with E-state index in [4.69, 9.17) is 14.4 Å². The Bertz CT molecular complexity index is 1530. The number of hydroxylamine groups is 4. The van der Waals surface area contributed by atoms with Gasteiger partial charge in [-0.15, -0.1) is 10.1 Å². The van der Waals surface area contributed by atoms with Crippen molar-refractivity contribution in [3.05, 3.63) is 0 Å². The largest absolute Gasteiger partial charge is 0.379 e. The molecular formula is C56H102N12O3S2. The predicted molar refractivity (Wildman–Crippen MR) is 297 cm³/mol. The summed E-state index contributed by atoms with van der Waals surface area (Å²) in [5.74, 6) is 3.65. The number of thioether (sulfide) groups is 2. The normalized spacial score (nSPS) is 40.3. The van der Waals surface area contributed by atoms with Gasteiger partial charge >= 0.3 is 0 Å². The minimum Gasteiger partial charge on any atom is -0.379 e. The second-order valence-electron chi connectivity index (χ2n) is 24.4. The van der Waals surface area contributed by atoms with Crippen LogP contribution in [0.25, 0.3) is 0 Å². The van der Waals surface area contributed by atoms with Crippen LogP contribution in [0.1, 0.15) is 128 Å². The Kier molecular flexibility index (Phi) is 18.3. The van der Waals surface area contributed by atoms with Crippen LogP contribution < -0.4 is 0 Å². The number of rotatable bonds is 12. The highest BCUT2D eigenvalue weighted by Crippen LogP contribution is 2.57. The van der Waals surface area contributed by atoms with Crippen LogP contribution in [0.5, 0.6) is 0 Å². The van der Waals surface area contributed by atoms with Crippen molar-refractivity contribution in [1.82, 2.24) is 59.1 Å². The zero-order chi connectivity index (χ0) is 49.0. The first-order chi connectivity index (χ1) is 36.2. The summed E-state index contributed by atoms with van der Waals surface area (Å²) in [4.78, 5) is 40.2. The number of likely N-dealkylation sites (tertiary alicyclic amines) is 6. The summed E-state index contributed by atoms with van der Waals surface area (Å²) < 4.78 is 13.0.